The molecule has 1 N–H and O–H groups in total. The second kappa shape index (κ2) is 7.27. The zero-order valence-electron chi connectivity index (χ0n) is 12.3. The predicted molar refractivity (Wildman–Crippen MR) is 85.2 cm³/mol. The Kier molecular flexibility index (Phi) is 5.55. The van der Waals surface area contributed by atoms with Crippen LogP contribution in [-0.4, -0.2) is 26.3 Å². The lowest BCUT2D eigenvalue weighted by molar-refractivity contribution is -0.113. The Balaban J connectivity index is 2.05. The van der Waals surface area contributed by atoms with E-state index in [1.54, 1.807) is 0 Å². The minimum Gasteiger partial charge on any atom is -0.323 e. The van der Waals surface area contributed by atoms with Gasteiger partial charge in [0, 0.05) is 11.2 Å². The van der Waals surface area contributed by atoms with E-state index in [9.17, 15) is 26.4 Å². The van der Waals surface area contributed by atoms with Gasteiger partial charge >= 0.3 is 0 Å². The summed E-state index contributed by atoms with van der Waals surface area (Å²) in [6.07, 6.45) is 0.963. The van der Waals surface area contributed by atoms with E-state index in [4.69, 9.17) is 0 Å². The predicted octanol–water partition coefficient (Wildman–Crippen LogP) is 3.24. The third kappa shape index (κ3) is 4.75. The number of rotatable bonds is 5. The van der Waals surface area contributed by atoms with Crippen LogP contribution >= 0.6 is 11.8 Å². The molecular formula is C15H12F3NO3S2. The van der Waals surface area contributed by atoms with Crippen molar-refractivity contribution in [3.05, 3.63) is 53.8 Å². The number of thioether (sulfide) groups is 1. The summed E-state index contributed by atoms with van der Waals surface area (Å²) >= 11 is 0.927. The first-order chi connectivity index (χ1) is 11.2. The molecule has 4 nitrogen and oxygen atoms in total. The van der Waals surface area contributed by atoms with E-state index in [0.717, 1.165) is 48.3 Å². The number of halogens is 3. The zero-order chi connectivity index (χ0) is 17.9. The summed E-state index contributed by atoms with van der Waals surface area (Å²) in [5.74, 6) is -3.62. The lowest BCUT2D eigenvalue weighted by atomic mass is 10.3. The first kappa shape index (κ1) is 18.3. The molecule has 2 aromatic carbocycles. The van der Waals surface area contributed by atoms with Gasteiger partial charge in [-0.15, -0.1) is 11.8 Å². The average Bonchev–Trinajstić information content (AvgIpc) is 2.49. The van der Waals surface area contributed by atoms with Crippen LogP contribution in [0.5, 0.6) is 0 Å². The highest BCUT2D eigenvalue weighted by atomic mass is 32.2. The van der Waals surface area contributed by atoms with Crippen LogP contribution in [0.2, 0.25) is 0 Å². The first-order valence-corrected chi connectivity index (χ1v) is 9.42. The Morgan fingerprint density at radius 3 is 2.33 bits per heavy atom. The average molecular weight is 375 g/mol. The van der Waals surface area contributed by atoms with Gasteiger partial charge in [0.15, 0.2) is 21.5 Å². The summed E-state index contributed by atoms with van der Waals surface area (Å²) in [5, 5.41) is 2.25. The second-order valence-electron chi connectivity index (χ2n) is 4.83. The van der Waals surface area contributed by atoms with Crippen LogP contribution in [0.3, 0.4) is 0 Å². The van der Waals surface area contributed by atoms with Gasteiger partial charge in [-0.25, -0.2) is 21.6 Å². The van der Waals surface area contributed by atoms with E-state index in [0.29, 0.717) is 4.90 Å². The van der Waals surface area contributed by atoms with Crippen LogP contribution in [0, 0.1) is 17.5 Å². The molecular weight excluding hydrogens is 363 g/mol. The van der Waals surface area contributed by atoms with Crippen molar-refractivity contribution >= 4 is 33.2 Å². The maximum absolute atomic E-state index is 13.7. The van der Waals surface area contributed by atoms with Crippen molar-refractivity contribution in [2.24, 2.45) is 0 Å². The Labute approximate surface area is 141 Å². The Morgan fingerprint density at radius 2 is 1.71 bits per heavy atom. The van der Waals surface area contributed by atoms with Gasteiger partial charge in [0.1, 0.15) is 5.82 Å². The van der Waals surface area contributed by atoms with Gasteiger partial charge in [0.05, 0.1) is 16.3 Å². The van der Waals surface area contributed by atoms with Crippen molar-refractivity contribution in [1.82, 2.24) is 0 Å². The molecule has 0 heterocycles. The van der Waals surface area contributed by atoms with E-state index < -0.39 is 33.2 Å². The monoisotopic (exact) mass is 375 g/mol. The van der Waals surface area contributed by atoms with Crippen molar-refractivity contribution in [2.75, 3.05) is 17.3 Å². The lowest BCUT2D eigenvalue weighted by Gasteiger charge is -2.08. The quantitative estimate of drug-likeness (QED) is 0.644. The summed E-state index contributed by atoms with van der Waals surface area (Å²) in [4.78, 5) is 12.0. The van der Waals surface area contributed by atoms with Gasteiger partial charge in [0.25, 0.3) is 0 Å². The number of hydrogen-bond acceptors (Lipinski definition) is 4. The third-order valence-corrected chi connectivity index (χ3v) is 5.01. The van der Waals surface area contributed by atoms with E-state index in [2.05, 4.69) is 5.32 Å². The molecule has 0 bridgehead atoms. The molecule has 0 aliphatic heterocycles. The van der Waals surface area contributed by atoms with Crippen LogP contribution in [0.4, 0.5) is 18.9 Å². The van der Waals surface area contributed by atoms with Crippen molar-refractivity contribution in [3.8, 4) is 0 Å². The van der Waals surface area contributed by atoms with Crippen molar-refractivity contribution < 1.29 is 26.4 Å². The molecule has 128 valence electrons. The molecule has 0 unspecified atom stereocenters. The summed E-state index contributed by atoms with van der Waals surface area (Å²) in [6.45, 7) is 0. The largest absolute Gasteiger partial charge is 0.323 e. The topological polar surface area (TPSA) is 63.2 Å². The summed E-state index contributed by atoms with van der Waals surface area (Å²) in [7, 11) is -3.54. The molecule has 2 rings (SSSR count). The van der Waals surface area contributed by atoms with Crippen molar-refractivity contribution in [3.63, 3.8) is 0 Å². The van der Waals surface area contributed by atoms with Crippen molar-refractivity contribution in [2.45, 2.75) is 9.79 Å². The summed E-state index contributed by atoms with van der Waals surface area (Å²) in [5.41, 5.74) is -0.270. The van der Waals surface area contributed by atoms with Crippen LogP contribution in [0.25, 0.3) is 0 Å². The highest BCUT2D eigenvalue weighted by molar-refractivity contribution is 8.00. The van der Waals surface area contributed by atoms with Gasteiger partial charge in [-0.2, -0.15) is 0 Å². The fourth-order valence-electron chi connectivity index (χ4n) is 1.73. The molecule has 9 heteroatoms. The maximum Gasteiger partial charge on any atom is 0.234 e. The minimum absolute atomic E-state index is 0.132. The number of sulfone groups is 1. The third-order valence-electron chi connectivity index (χ3n) is 2.90. The smallest absolute Gasteiger partial charge is 0.234 e. The molecule has 0 fully saturated rings. The summed E-state index contributed by atoms with van der Waals surface area (Å²) in [6, 6.07) is 6.24. The molecule has 0 aromatic heterocycles. The maximum atomic E-state index is 13.7. The molecule has 0 radical (unpaired) electrons. The molecule has 24 heavy (non-hydrogen) atoms. The standard InChI is InChI=1S/C15H12F3NO3S2/c1-24(21,22)10-3-5-12(17)14(7-10)19-15(20)8-23-9-2-4-11(16)13(18)6-9/h2-7H,8H2,1H3,(H,19,20). The molecule has 0 aliphatic carbocycles. The number of nitrogens with one attached hydrogen (secondary N) is 1. The number of carbonyl (C=O) groups excluding carboxylic acids is 1. The number of anilines is 1. The molecule has 2 aromatic rings. The van der Waals surface area contributed by atoms with Crippen LogP contribution in [0.15, 0.2) is 46.2 Å². The number of carbonyl (C=O) groups is 1. The van der Waals surface area contributed by atoms with E-state index >= 15 is 0 Å². The molecule has 0 saturated heterocycles. The van der Waals surface area contributed by atoms with Gasteiger partial charge in [-0.1, -0.05) is 0 Å². The van der Waals surface area contributed by atoms with Crippen LogP contribution < -0.4 is 5.32 Å². The highest BCUT2D eigenvalue weighted by Gasteiger charge is 2.13. The molecule has 1 amide bonds. The Bertz CT molecular complexity index is 886. The molecule has 0 saturated carbocycles. The highest BCUT2D eigenvalue weighted by Crippen LogP contribution is 2.22. The van der Waals surface area contributed by atoms with E-state index in [1.807, 2.05) is 0 Å². The Hall–Kier alpha value is -2.00. The minimum atomic E-state index is -3.54. The second-order valence-corrected chi connectivity index (χ2v) is 7.89. The first-order valence-electron chi connectivity index (χ1n) is 6.54. The number of hydrogen-bond donors (Lipinski definition) is 1. The Morgan fingerprint density at radius 1 is 1.04 bits per heavy atom. The van der Waals surface area contributed by atoms with Gasteiger partial charge < -0.3 is 5.32 Å². The van der Waals surface area contributed by atoms with E-state index in [1.165, 1.54) is 6.07 Å². The molecule has 0 atom stereocenters. The molecule has 0 aliphatic rings. The van der Waals surface area contributed by atoms with Crippen molar-refractivity contribution in [1.29, 1.82) is 0 Å². The van der Waals surface area contributed by atoms with Gasteiger partial charge in [0.2, 0.25) is 5.91 Å². The van der Waals surface area contributed by atoms with Crippen LogP contribution in [-0.2, 0) is 14.6 Å². The van der Waals surface area contributed by atoms with Gasteiger partial charge in [-0.05, 0) is 36.4 Å². The lowest BCUT2D eigenvalue weighted by Crippen LogP contribution is -2.15. The number of amides is 1. The van der Waals surface area contributed by atoms with E-state index in [-0.39, 0.29) is 16.3 Å². The normalized spacial score (nSPS) is 11.3. The summed E-state index contributed by atoms with van der Waals surface area (Å²) < 4.78 is 62.4. The van der Waals surface area contributed by atoms with Crippen LogP contribution in [0.1, 0.15) is 0 Å². The fraction of sp³-hybridized carbons (Fsp3) is 0.133. The zero-order valence-corrected chi connectivity index (χ0v) is 14.0. The molecule has 0 spiro atoms. The fourth-order valence-corrected chi connectivity index (χ4v) is 3.10. The van der Waals surface area contributed by atoms with Gasteiger partial charge in [-0.3, -0.25) is 4.79 Å². The number of benzene rings is 2. The SMILES string of the molecule is CS(=O)(=O)c1ccc(F)c(NC(=O)CSc2ccc(F)c(F)c2)c1.